The van der Waals surface area contributed by atoms with Crippen molar-refractivity contribution in [1.82, 2.24) is 5.32 Å². The molecule has 0 saturated heterocycles. The van der Waals surface area contributed by atoms with Gasteiger partial charge in [0.2, 0.25) is 0 Å². The number of fused-ring (bicyclic) bond motifs is 1. The molecule has 0 fully saturated rings. The Kier molecular flexibility index (Phi) is 5.13. The topological polar surface area (TPSA) is 38.0 Å². The van der Waals surface area contributed by atoms with E-state index >= 15 is 0 Å². The molecule has 0 saturated carbocycles. The molecule has 0 bridgehead atoms. The van der Waals surface area contributed by atoms with Crippen molar-refractivity contribution in [2.24, 2.45) is 5.73 Å². The molecule has 1 atom stereocenters. The van der Waals surface area contributed by atoms with Gasteiger partial charge in [0, 0.05) is 12.6 Å². The average molecular weight is 254 g/mol. The van der Waals surface area contributed by atoms with Crippen molar-refractivity contribution in [1.29, 1.82) is 0 Å². The van der Waals surface area contributed by atoms with Crippen LogP contribution in [0.15, 0.2) is 54.6 Å². The minimum absolute atomic E-state index is 0.576. The van der Waals surface area contributed by atoms with E-state index in [1.54, 1.807) is 0 Å². The number of nitrogens with two attached hydrogens (primary N) is 1. The van der Waals surface area contributed by atoms with E-state index in [1.165, 1.54) is 23.7 Å². The van der Waals surface area contributed by atoms with Crippen LogP contribution in [0.4, 0.5) is 0 Å². The summed E-state index contributed by atoms with van der Waals surface area (Å²) in [5.74, 6) is 0. The summed E-state index contributed by atoms with van der Waals surface area (Å²) in [6, 6.07) is 20.1. The molecule has 1 aliphatic heterocycles. The minimum atomic E-state index is 0.576. The van der Waals surface area contributed by atoms with Gasteiger partial charge in [-0.05, 0) is 36.6 Å². The molecule has 1 heterocycles. The Morgan fingerprint density at radius 3 is 2.32 bits per heavy atom. The Morgan fingerprint density at radius 2 is 1.58 bits per heavy atom. The average Bonchev–Trinajstić information content (AvgIpc) is 2.50. The number of hydrogen-bond donors (Lipinski definition) is 2. The quantitative estimate of drug-likeness (QED) is 0.864. The maximum atomic E-state index is 4.50. The highest BCUT2D eigenvalue weighted by Gasteiger charge is 2.17. The summed E-state index contributed by atoms with van der Waals surface area (Å²) in [5, 5.41) is 3.62. The molecule has 0 amide bonds. The zero-order chi connectivity index (χ0) is 13.5. The summed E-state index contributed by atoms with van der Waals surface area (Å²) in [7, 11) is 1.50. The molecule has 1 unspecified atom stereocenters. The van der Waals surface area contributed by atoms with Crippen LogP contribution in [0.25, 0.3) is 0 Å². The molecule has 100 valence electrons. The lowest BCUT2D eigenvalue weighted by Crippen LogP contribution is -2.37. The second-order valence-corrected chi connectivity index (χ2v) is 4.74. The van der Waals surface area contributed by atoms with Crippen LogP contribution in [-0.2, 0) is 19.4 Å². The van der Waals surface area contributed by atoms with Crippen LogP contribution in [0.3, 0.4) is 0 Å². The third-order valence-electron chi connectivity index (χ3n) is 3.49. The molecule has 1 aliphatic rings. The van der Waals surface area contributed by atoms with Crippen molar-refractivity contribution in [3.05, 3.63) is 71.3 Å². The second-order valence-electron chi connectivity index (χ2n) is 4.74. The highest BCUT2D eigenvalue weighted by atomic mass is 14.9. The van der Waals surface area contributed by atoms with Crippen molar-refractivity contribution in [2.45, 2.75) is 25.4 Å². The molecule has 19 heavy (non-hydrogen) atoms. The Morgan fingerprint density at radius 1 is 0.947 bits per heavy atom. The van der Waals surface area contributed by atoms with E-state index in [1.807, 2.05) is 0 Å². The van der Waals surface area contributed by atoms with Crippen LogP contribution in [0.2, 0.25) is 0 Å². The Hall–Kier alpha value is -1.64. The molecule has 0 aliphatic carbocycles. The Balaban J connectivity index is 0.000000637. The fourth-order valence-corrected chi connectivity index (χ4v) is 2.56. The van der Waals surface area contributed by atoms with E-state index in [2.05, 4.69) is 65.6 Å². The summed E-state index contributed by atoms with van der Waals surface area (Å²) >= 11 is 0. The molecule has 2 aromatic carbocycles. The first-order valence-corrected chi connectivity index (χ1v) is 6.83. The first-order valence-electron chi connectivity index (χ1n) is 6.83. The van der Waals surface area contributed by atoms with Gasteiger partial charge in [0.15, 0.2) is 0 Å². The summed E-state index contributed by atoms with van der Waals surface area (Å²) in [4.78, 5) is 0. The lowest BCUT2D eigenvalue weighted by molar-refractivity contribution is 0.477. The molecule has 3 rings (SSSR count). The normalized spacial score (nSPS) is 17.1. The van der Waals surface area contributed by atoms with Gasteiger partial charge in [-0.25, -0.2) is 0 Å². The molecular formula is C17H22N2. The number of nitrogens with one attached hydrogen (secondary N) is 1. The van der Waals surface area contributed by atoms with Gasteiger partial charge >= 0.3 is 0 Å². The van der Waals surface area contributed by atoms with E-state index in [0.29, 0.717) is 6.04 Å². The van der Waals surface area contributed by atoms with Crippen LogP contribution in [0, 0.1) is 0 Å². The van der Waals surface area contributed by atoms with Gasteiger partial charge in [-0.2, -0.15) is 0 Å². The van der Waals surface area contributed by atoms with E-state index < -0.39 is 0 Å². The van der Waals surface area contributed by atoms with Crippen molar-refractivity contribution in [2.75, 3.05) is 7.05 Å². The van der Waals surface area contributed by atoms with Crippen LogP contribution < -0.4 is 11.1 Å². The van der Waals surface area contributed by atoms with Crippen LogP contribution in [-0.4, -0.2) is 13.1 Å². The fourth-order valence-electron chi connectivity index (χ4n) is 2.56. The minimum Gasteiger partial charge on any atom is -0.333 e. The van der Waals surface area contributed by atoms with Gasteiger partial charge in [-0.1, -0.05) is 54.6 Å². The lowest BCUT2D eigenvalue weighted by atomic mass is 9.92. The first-order chi connectivity index (χ1) is 9.42. The van der Waals surface area contributed by atoms with Gasteiger partial charge in [0.05, 0.1) is 0 Å². The molecule has 2 nitrogen and oxygen atoms in total. The van der Waals surface area contributed by atoms with Crippen molar-refractivity contribution >= 4 is 0 Å². The van der Waals surface area contributed by atoms with E-state index in [4.69, 9.17) is 0 Å². The molecule has 0 spiro atoms. The Labute approximate surface area is 115 Å². The summed E-state index contributed by atoms with van der Waals surface area (Å²) < 4.78 is 0. The van der Waals surface area contributed by atoms with Crippen molar-refractivity contribution in [3.63, 3.8) is 0 Å². The monoisotopic (exact) mass is 254 g/mol. The van der Waals surface area contributed by atoms with E-state index in [-0.39, 0.29) is 0 Å². The molecule has 2 heteroatoms. The Bertz CT molecular complexity index is 494. The smallest absolute Gasteiger partial charge is 0.0211 e. The molecule has 2 aromatic rings. The molecule has 0 aromatic heterocycles. The number of rotatable bonds is 2. The van der Waals surface area contributed by atoms with Gasteiger partial charge in [0.25, 0.3) is 0 Å². The zero-order valence-electron chi connectivity index (χ0n) is 11.5. The first kappa shape index (κ1) is 13.8. The summed E-state index contributed by atoms with van der Waals surface area (Å²) in [5.41, 5.74) is 8.88. The number of benzene rings is 2. The zero-order valence-corrected chi connectivity index (χ0v) is 11.5. The van der Waals surface area contributed by atoms with Crippen LogP contribution in [0.1, 0.15) is 16.7 Å². The third kappa shape index (κ3) is 3.66. The summed E-state index contributed by atoms with van der Waals surface area (Å²) in [6.45, 7) is 1.01. The maximum Gasteiger partial charge on any atom is 0.0211 e. The van der Waals surface area contributed by atoms with Crippen molar-refractivity contribution in [3.8, 4) is 0 Å². The van der Waals surface area contributed by atoms with Crippen LogP contribution in [0.5, 0.6) is 0 Å². The largest absolute Gasteiger partial charge is 0.333 e. The molecular weight excluding hydrogens is 232 g/mol. The van der Waals surface area contributed by atoms with Gasteiger partial charge < -0.3 is 11.1 Å². The third-order valence-corrected chi connectivity index (χ3v) is 3.49. The molecule has 0 radical (unpaired) electrons. The highest BCUT2D eigenvalue weighted by Crippen LogP contribution is 2.18. The maximum absolute atomic E-state index is 4.50. The van der Waals surface area contributed by atoms with Gasteiger partial charge in [-0.3, -0.25) is 0 Å². The summed E-state index contributed by atoms with van der Waals surface area (Å²) in [6.07, 6.45) is 2.26. The van der Waals surface area contributed by atoms with E-state index in [0.717, 1.165) is 19.4 Å². The van der Waals surface area contributed by atoms with Gasteiger partial charge in [-0.15, -0.1) is 0 Å². The second kappa shape index (κ2) is 7.07. The van der Waals surface area contributed by atoms with Crippen molar-refractivity contribution < 1.29 is 0 Å². The fraction of sp³-hybridized carbons (Fsp3) is 0.294. The SMILES string of the molecule is CN.c1ccc(CC2Cc3ccccc3CN2)cc1. The highest BCUT2D eigenvalue weighted by molar-refractivity contribution is 5.30. The van der Waals surface area contributed by atoms with Gasteiger partial charge in [0.1, 0.15) is 0 Å². The molecule has 3 N–H and O–H groups in total. The predicted molar refractivity (Wildman–Crippen MR) is 81.0 cm³/mol. The lowest BCUT2D eigenvalue weighted by Gasteiger charge is -2.26. The predicted octanol–water partition coefficient (Wildman–Crippen LogP) is 2.52. The van der Waals surface area contributed by atoms with Crippen LogP contribution >= 0.6 is 0 Å². The number of hydrogen-bond acceptors (Lipinski definition) is 2. The standard InChI is InChI=1S/C16H17N.CH5N/c1-2-6-13(7-3-1)10-16-11-14-8-4-5-9-15(14)12-17-16;1-2/h1-9,16-17H,10-12H2;2H2,1H3. The van der Waals surface area contributed by atoms with E-state index in [9.17, 15) is 0 Å².